The quantitative estimate of drug-likeness (QED) is 0.400. The van der Waals surface area contributed by atoms with Gasteiger partial charge >= 0.3 is 0 Å². The monoisotopic (exact) mass is 564 g/mol. The first-order valence-corrected chi connectivity index (χ1v) is 14.2. The van der Waals surface area contributed by atoms with Crippen LogP contribution in [0.1, 0.15) is 22.3 Å². The number of anilines is 2. The maximum Gasteiger partial charge on any atom is 0.251 e. The predicted molar refractivity (Wildman–Crippen MR) is 138 cm³/mol. The number of hydrogen-bond acceptors (Lipinski definition) is 7. The van der Waals surface area contributed by atoms with Gasteiger partial charge in [-0.2, -0.15) is 0 Å². The second-order valence-electron chi connectivity index (χ2n) is 8.69. The van der Waals surface area contributed by atoms with Crippen LogP contribution in [0.2, 0.25) is 0 Å². The Morgan fingerprint density at radius 3 is 2.71 bits per heavy atom. The van der Waals surface area contributed by atoms with E-state index >= 15 is 0 Å². The summed E-state index contributed by atoms with van der Waals surface area (Å²) in [5.41, 5.74) is 2.11. The topological polar surface area (TPSA) is 117 Å². The summed E-state index contributed by atoms with van der Waals surface area (Å²) < 4.78 is 31.5. The SMILES string of the molecule is O=C(NCCCN1CCOCC1)c1ccc2c(c1)NC(=O)C(CS(=O)(=O)Cc1cccc(Br)c1)N2. The molecule has 1 unspecified atom stereocenters. The minimum Gasteiger partial charge on any atom is -0.379 e. The normalized spacial score (nSPS) is 18.3. The molecule has 1 saturated heterocycles. The average molecular weight is 565 g/mol. The fourth-order valence-corrected chi connectivity index (χ4v) is 6.12. The van der Waals surface area contributed by atoms with Crippen molar-refractivity contribution in [2.75, 3.05) is 55.8 Å². The molecule has 11 heteroatoms. The van der Waals surface area contributed by atoms with Gasteiger partial charge < -0.3 is 20.7 Å². The number of hydrogen-bond donors (Lipinski definition) is 3. The van der Waals surface area contributed by atoms with Gasteiger partial charge in [-0.05, 0) is 48.9 Å². The number of nitrogens with one attached hydrogen (secondary N) is 3. The van der Waals surface area contributed by atoms with E-state index in [0.717, 1.165) is 43.7 Å². The van der Waals surface area contributed by atoms with Crippen LogP contribution in [0.25, 0.3) is 0 Å². The highest BCUT2D eigenvalue weighted by molar-refractivity contribution is 9.10. The molecule has 4 rings (SSSR count). The Morgan fingerprint density at radius 2 is 1.94 bits per heavy atom. The summed E-state index contributed by atoms with van der Waals surface area (Å²) in [6, 6.07) is 11.1. The highest BCUT2D eigenvalue weighted by Crippen LogP contribution is 2.28. The predicted octanol–water partition coefficient (Wildman–Crippen LogP) is 2.25. The van der Waals surface area contributed by atoms with Crippen LogP contribution < -0.4 is 16.0 Å². The maximum atomic E-state index is 12.7. The Bertz CT molecular complexity index is 1180. The van der Waals surface area contributed by atoms with Gasteiger partial charge in [-0.15, -0.1) is 0 Å². The van der Waals surface area contributed by atoms with E-state index < -0.39 is 21.8 Å². The molecule has 1 fully saturated rings. The van der Waals surface area contributed by atoms with Crippen LogP contribution in [0, 0.1) is 0 Å². The van der Waals surface area contributed by atoms with Gasteiger partial charge in [0.1, 0.15) is 6.04 Å². The van der Waals surface area contributed by atoms with E-state index in [4.69, 9.17) is 4.74 Å². The summed E-state index contributed by atoms with van der Waals surface area (Å²) in [6.07, 6.45) is 0.838. The van der Waals surface area contributed by atoms with Gasteiger partial charge in [0.25, 0.3) is 5.91 Å². The van der Waals surface area contributed by atoms with Gasteiger partial charge in [0.2, 0.25) is 5.91 Å². The van der Waals surface area contributed by atoms with Crippen molar-refractivity contribution in [3.05, 3.63) is 58.1 Å². The molecule has 9 nitrogen and oxygen atoms in total. The molecule has 2 amide bonds. The summed E-state index contributed by atoms with van der Waals surface area (Å²) in [5.74, 6) is -1.16. The van der Waals surface area contributed by atoms with Gasteiger partial charge in [-0.1, -0.05) is 28.1 Å². The van der Waals surface area contributed by atoms with Crippen molar-refractivity contribution in [2.24, 2.45) is 0 Å². The van der Waals surface area contributed by atoms with Crippen molar-refractivity contribution in [3.63, 3.8) is 0 Å². The second kappa shape index (κ2) is 11.5. The molecule has 2 aromatic rings. The van der Waals surface area contributed by atoms with E-state index in [1.54, 1.807) is 36.4 Å². The maximum absolute atomic E-state index is 12.7. The molecular weight excluding hydrogens is 536 g/mol. The first-order chi connectivity index (χ1) is 16.8. The smallest absolute Gasteiger partial charge is 0.251 e. The fraction of sp³-hybridized carbons (Fsp3) is 0.417. The zero-order valence-corrected chi connectivity index (χ0v) is 21.7. The van der Waals surface area contributed by atoms with Crippen LogP contribution in [0.3, 0.4) is 0 Å². The number of ether oxygens (including phenoxy) is 1. The number of rotatable bonds is 9. The standard InChI is InChI=1S/C24H29BrN4O5S/c25-19-4-1-3-17(13-19)15-35(32,33)16-22-24(31)28-21-14-18(5-6-20(21)27-22)23(30)26-7-2-8-29-9-11-34-12-10-29/h1,3-6,13-14,22,27H,2,7-12,15-16H2,(H,26,30)(H,28,31). The van der Waals surface area contributed by atoms with Crippen molar-refractivity contribution in [3.8, 4) is 0 Å². The summed E-state index contributed by atoms with van der Waals surface area (Å²) in [7, 11) is -3.55. The summed E-state index contributed by atoms with van der Waals surface area (Å²) >= 11 is 3.34. The van der Waals surface area contributed by atoms with E-state index in [2.05, 4.69) is 36.8 Å². The van der Waals surface area contributed by atoms with Crippen molar-refractivity contribution in [2.45, 2.75) is 18.2 Å². The summed E-state index contributed by atoms with van der Waals surface area (Å²) in [4.78, 5) is 27.5. The lowest BCUT2D eigenvalue weighted by Crippen LogP contribution is -2.43. The molecule has 2 aromatic carbocycles. The Balaban J connectivity index is 1.31. The van der Waals surface area contributed by atoms with Crippen molar-refractivity contribution < 1.29 is 22.7 Å². The Kier molecular flexibility index (Phi) is 8.42. The lowest BCUT2D eigenvalue weighted by atomic mass is 10.1. The minimum atomic E-state index is -3.55. The Hall–Kier alpha value is -2.47. The van der Waals surface area contributed by atoms with Crippen LogP contribution in [0.15, 0.2) is 46.9 Å². The van der Waals surface area contributed by atoms with Crippen molar-refractivity contribution in [1.29, 1.82) is 0 Å². The van der Waals surface area contributed by atoms with Gasteiger partial charge in [0, 0.05) is 29.7 Å². The Labute approximate surface area is 213 Å². The first-order valence-electron chi connectivity index (χ1n) is 11.5. The number of morpholine rings is 1. The highest BCUT2D eigenvalue weighted by atomic mass is 79.9. The number of halogens is 1. The third-order valence-corrected chi connectivity index (χ3v) is 8.03. The zero-order valence-electron chi connectivity index (χ0n) is 19.3. The molecule has 0 aliphatic carbocycles. The van der Waals surface area contributed by atoms with E-state index in [-0.39, 0.29) is 17.4 Å². The summed E-state index contributed by atoms with van der Waals surface area (Å²) in [5, 5.41) is 8.66. The van der Waals surface area contributed by atoms with Crippen molar-refractivity contribution >= 4 is 49.0 Å². The number of sulfone groups is 1. The Morgan fingerprint density at radius 1 is 1.14 bits per heavy atom. The third kappa shape index (κ3) is 7.26. The van der Waals surface area contributed by atoms with E-state index in [9.17, 15) is 18.0 Å². The number of benzene rings is 2. The van der Waals surface area contributed by atoms with Gasteiger partial charge in [-0.3, -0.25) is 14.5 Å². The van der Waals surface area contributed by atoms with E-state index in [0.29, 0.717) is 29.0 Å². The lowest BCUT2D eigenvalue weighted by molar-refractivity contribution is -0.116. The molecule has 0 bridgehead atoms. The molecular formula is C24H29BrN4O5S. The molecule has 1 atom stereocenters. The fourth-order valence-electron chi connectivity index (χ4n) is 4.13. The molecule has 0 saturated carbocycles. The first kappa shape index (κ1) is 25.6. The van der Waals surface area contributed by atoms with Crippen LogP contribution >= 0.6 is 15.9 Å². The molecule has 0 radical (unpaired) electrons. The summed E-state index contributed by atoms with van der Waals surface area (Å²) in [6.45, 7) is 4.78. The zero-order chi connectivity index (χ0) is 24.8. The molecule has 2 heterocycles. The highest BCUT2D eigenvalue weighted by Gasteiger charge is 2.30. The van der Waals surface area contributed by atoms with Crippen molar-refractivity contribution in [1.82, 2.24) is 10.2 Å². The van der Waals surface area contributed by atoms with E-state index in [1.165, 1.54) is 0 Å². The second-order valence-corrected chi connectivity index (χ2v) is 11.7. The van der Waals surface area contributed by atoms with Crippen LogP contribution in [-0.4, -0.2) is 76.3 Å². The molecule has 2 aliphatic heterocycles. The number of fused-ring (bicyclic) bond motifs is 1. The molecule has 0 spiro atoms. The van der Waals surface area contributed by atoms with Crippen LogP contribution in [-0.2, 0) is 25.1 Å². The average Bonchev–Trinajstić information content (AvgIpc) is 2.82. The third-order valence-electron chi connectivity index (χ3n) is 5.92. The molecule has 35 heavy (non-hydrogen) atoms. The molecule has 0 aromatic heterocycles. The van der Waals surface area contributed by atoms with E-state index in [1.807, 2.05) is 6.07 Å². The minimum absolute atomic E-state index is 0.157. The lowest BCUT2D eigenvalue weighted by Gasteiger charge is -2.27. The van der Waals surface area contributed by atoms with Gasteiger partial charge in [0.05, 0.1) is 36.1 Å². The van der Waals surface area contributed by atoms with Gasteiger partial charge in [0.15, 0.2) is 9.84 Å². The number of carbonyl (C=O) groups is 2. The number of nitrogens with zero attached hydrogens (tertiary/aromatic N) is 1. The number of carbonyl (C=O) groups excluding carboxylic acids is 2. The molecule has 2 aliphatic rings. The molecule has 188 valence electrons. The number of amides is 2. The molecule has 3 N–H and O–H groups in total. The van der Waals surface area contributed by atoms with Crippen LogP contribution in [0.5, 0.6) is 0 Å². The largest absolute Gasteiger partial charge is 0.379 e. The van der Waals surface area contributed by atoms with Crippen LogP contribution in [0.4, 0.5) is 11.4 Å². The van der Waals surface area contributed by atoms with Gasteiger partial charge in [-0.25, -0.2) is 8.42 Å².